The minimum absolute atomic E-state index is 0.0262. The molecule has 4 heterocycles. The van der Waals surface area contributed by atoms with E-state index in [1.807, 2.05) is 6.20 Å². The molecule has 7 heteroatoms. The van der Waals surface area contributed by atoms with Gasteiger partial charge in [0.25, 0.3) is 0 Å². The first-order valence-corrected chi connectivity index (χ1v) is 12.2. The molecule has 1 aliphatic carbocycles. The van der Waals surface area contributed by atoms with Crippen LogP contribution in [0.1, 0.15) is 37.1 Å². The minimum atomic E-state index is -0.0262. The first-order chi connectivity index (χ1) is 15.7. The molecule has 3 atom stereocenters. The summed E-state index contributed by atoms with van der Waals surface area (Å²) in [6.07, 6.45) is 11.8. The molecule has 1 N–H and O–H groups in total. The maximum atomic E-state index is 10.5. The molecular formula is C25H36N6O. The van der Waals surface area contributed by atoms with Gasteiger partial charge < -0.3 is 19.8 Å². The van der Waals surface area contributed by atoms with E-state index in [1.165, 1.54) is 23.5 Å². The number of rotatable bonds is 6. The molecule has 1 aromatic rings. The molecule has 2 unspecified atom stereocenters. The van der Waals surface area contributed by atoms with Crippen molar-refractivity contribution in [2.45, 2.75) is 44.3 Å². The Morgan fingerprint density at radius 2 is 2.06 bits per heavy atom. The monoisotopic (exact) mass is 436 g/mol. The lowest BCUT2D eigenvalue weighted by Gasteiger charge is -2.42. The van der Waals surface area contributed by atoms with Crippen LogP contribution in [0.5, 0.6) is 0 Å². The van der Waals surface area contributed by atoms with Crippen molar-refractivity contribution in [3.63, 3.8) is 0 Å². The Labute approximate surface area is 191 Å². The Kier molecular flexibility index (Phi) is 6.31. The van der Waals surface area contributed by atoms with Crippen LogP contribution in [0.15, 0.2) is 47.4 Å². The number of aliphatic imine (C=N–C) groups is 1. The third kappa shape index (κ3) is 3.98. The Morgan fingerprint density at radius 1 is 1.22 bits per heavy atom. The number of aryl methyl sites for hydroxylation is 1. The van der Waals surface area contributed by atoms with Crippen LogP contribution in [-0.2, 0) is 6.42 Å². The molecule has 3 aliphatic heterocycles. The van der Waals surface area contributed by atoms with E-state index in [9.17, 15) is 5.11 Å². The fourth-order valence-corrected chi connectivity index (χ4v) is 5.69. The van der Waals surface area contributed by atoms with Gasteiger partial charge in [-0.2, -0.15) is 0 Å². The van der Waals surface area contributed by atoms with E-state index in [-0.39, 0.29) is 18.7 Å². The number of piperazine rings is 1. The number of hydrogen-bond acceptors (Lipinski definition) is 7. The molecule has 7 nitrogen and oxygen atoms in total. The number of fused-ring (bicyclic) bond motifs is 2. The smallest absolute Gasteiger partial charge is 0.129 e. The van der Waals surface area contributed by atoms with Crippen LogP contribution in [0.25, 0.3) is 0 Å². The van der Waals surface area contributed by atoms with Gasteiger partial charge in [0.15, 0.2) is 0 Å². The molecule has 1 fully saturated rings. The summed E-state index contributed by atoms with van der Waals surface area (Å²) in [7, 11) is 2.18. The van der Waals surface area contributed by atoms with E-state index in [0.717, 1.165) is 57.9 Å². The number of aromatic nitrogens is 1. The summed E-state index contributed by atoms with van der Waals surface area (Å²) in [6, 6.07) is 4.64. The van der Waals surface area contributed by atoms with E-state index in [0.29, 0.717) is 6.04 Å². The largest absolute Gasteiger partial charge is 0.394 e. The van der Waals surface area contributed by atoms with Gasteiger partial charge in [-0.1, -0.05) is 19.1 Å². The van der Waals surface area contributed by atoms with Crippen LogP contribution in [0.4, 0.5) is 0 Å². The molecule has 0 saturated carbocycles. The van der Waals surface area contributed by atoms with E-state index in [2.05, 4.69) is 63.9 Å². The predicted octanol–water partition coefficient (Wildman–Crippen LogP) is 1.88. The molecule has 0 aromatic carbocycles. The van der Waals surface area contributed by atoms with Crippen molar-refractivity contribution in [1.29, 1.82) is 0 Å². The second-order valence-electron chi connectivity index (χ2n) is 9.39. The van der Waals surface area contributed by atoms with Gasteiger partial charge in [-0.3, -0.25) is 14.9 Å². The molecule has 1 saturated heterocycles. The average Bonchev–Trinajstić information content (AvgIpc) is 3.20. The second-order valence-corrected chi connectivity index (χ2v) is 9.39. The Morgan fingerprint density at radius 3 is 2.84 bits per heavy atom. The lowest BCUT2D eigenvalue weighted by molar-refractivity contribution is 0.109. The molecule has 1 aromatic heterocycles. The zero-order valence-electron chi connectivity index (χ0n) is 19.4. The van der Waals surface area contributed by atoms with Crippen molar-refractivity contribution in [2.75, 3.05) is 52.9 Å². The Hall–Kier alpha value is -2.22. The van der Waals surface area contributed by atoms with Crippen LogP contribution in [0, 0.1) is 0 Å². The number of pyridine rings is 1. The van der Waals surface area contributed by atoms with Crippen LogP contribution in [0.2, 0.25) is 0 Å². The van der Waals surface area contributed by atoms with E-state index >= 15 is 0 Å². The molecule has 0 bridgehead atoms. The van der Waals surface area contributed by atoms with Gasteiger partial charge in [0.2, 0.25) is 0 Å². The van der Waals surface area contributed by atoms with Crippen molar-refractivity contribution in [3.8, 4) is 0 Å². The molecule has 0 amide bonds. The van der Waals surface area contributed by atoms with Crippen LogP contribution in [0.3, 0.4) is 0 Å². The normalized spacial score (nSPS) is 27.9. The minimum Gasteiger partial charge on any atom is -0.394 e. The summed E-state index contributed by atoms with van der Waals surface area (Å²) < 4.78 is 0. The van der Waals surface area contributed by atoms with E-state index in [4.69, 9.17) is 9.98 Å². The quantitative estimate of drug-likeness (QED) is 0.735. The van der Waals surface area contributed by atoms with Crippen LogP contribution in [-0.4, -0.2) is 101 Å². The highest BCUT2D eigenvalue weighted by Crippen LogP contribution is 2.35. The maximum absolute atomic E-state index is 10.5. The van der Waals surface area contributed by atoms with Crippen LogP contribution < -0.4 is 0 Å². The number of amidine groups is 1. The summed E-state index contributed by atoms with van der Waals surface area (Å²) in [6.45, 7) is 8.27. The second kappa shape index (κ2) is 9.33. The van der Waals surface area contributed by atoms with Gasteiger partial charge in [0.1, 0.15) is 11.7 Å². The van der Waals surface area contributed by atoms with Gasteiger partial charge in [-0.15, -0.1) is 0 Å². The fourth-order valence-electron chi connectivity index (χ4n) is 5.69. The van der Waals surface area contributed by atoms with Gasteiger partial charge in [0, 0.05) is 38.9 Å². The zero-order chi connectivity index (χ0) is 22.1. The Balaban J connectivity index is 1.36. The van der Waals surface area contributed by atoms with Gasteiger partial charge in [-0.25, -0.2) is 0 Å². The SMILES string of the molecule is CCN(CC1N=C2C=CC=C(N3CCN(C)CC3)N2C1CO)[C@H]1CCCc2cccnc21. The van der Waals surface area contributed by atoms with Gasteiger partial charge >= 0.3 is 0 Å². The molecule has 172 valence electrons. The average molecular weight is 437 g/mol. The lowest BCUT2D eigenvalue weighted by Crippen LogP contribution is -2.53. The maximum Gasteiger partial charge on any atom is 0.129 e. The number of allylic oxidation sites excluding steroid dienone is 2. The van der Waals surface area contributed by atoms with Gasteiger partial charge in [0.05, 0.1) is 30.4 Å². The number of likely N-dealkylation sites (N-methyl/N-ethyl adjacent to an activating group) is 2. The number of aliphatic hydroxyl groups excluding tert-OH is 1. The summed E-state index contributed by atoms with van der Waals surface area (Å²) >= 11 is 0. The highest BCUT2D eigenvalue weighted by molar-refractivity contribution is 5.97. The highest BCUT2D eigenvalue weighted by atomic mass is 16.3. The molecule has 0 radical (unpaired) electrons. The van der Waals surface area contributed by atoms with Gasteiger partial charge in [-0.05, 0) is 56.6 Å². The summed E-state index contributed by atoms with van der Waals surface area (Å²) in [5.74, 6) is 2.18. The fraction of sp³-hybridized carbons (Fsp3) is 0.600. The number of hydrogen-bond donors (Lipinski definition) is 1. The standard InChI is InChI=1S/C25H36N6O/c1-3-29(21-9-4-7-19-8-6-12-26-25(19)21)17-20-22(18-32)31-23(27-20)10-5-11-24(31)30-15-13-28(2)14-16-30/h5-6,8,10-12,20-22,32H,3-4,7,9,13-18H2,1-2H3/t20?,21-,22?/m0/s1. The highest BCUT2D eigenvalue weighted by Gasteiger charge is 2.41. The van der Waals surface area contributed by atoms with Crippen molar-refractivity contribution in [3.05, 3.63) is 53.6 Å². The lowest BCUT2D eigenvalue weighted by atomic mass is 9.90. The number of nitrogens with zero attached hydrogens (tertiary/aromatic N) is 6. The predicted molar refractivity (Wildman–Crippen MR) is 127 cm³/mol. The zero-order valence-corrected chi connectivity index (χ0v) is 19.4. The molecule has 4 aliphatic rings. The summed E-state index contributed by atoms with van der Waals surface area (Å²) in [5, 5.41) is 10.5. The van der Waals surface area contributed by atoms with Crippen molar-refractivity contribution in [1.82, 2.24) is 24.6 Å². The van der Waals surface area contributed by atoms with Crippen molar-refractivity contribution < 1.29 is 5.11 Å². The Bertz CT molecular complexity index is 903. The first kappa shape index (κ1) is 21.6. The molecule has 5 rings (SSSR count). The third-order valence-corrected chi connectivity index (χ3v) is 7.51. The van der Waals surface area contributed by atoms with Crippen molar-refractivity contribution in [2.24, 2.45) is 4.99 Å². The molecule has 32 heavy (non-hydrogen) atoms. The summed E-state index contributed by atoms with van der Waals surface area (Å²) in [5.41, 5.74) is 2.63. The van der Waals surface area contributed by atoms with Crippen LogP contribution >= 0.6 is 0 Å². The van der Waals surface area contributed by atoms with Crippen molar-refractivity contribution >= 4 is 5.84 Å². The molecule has 0 spiro atoms. The first-order valence-electron chi connectivity index (χ1n) is 12.2. The van der Waals surface area contributed by atoms with E-state index < -0.39 is 0 Å². The number of aliphatic hydroxyl groups is 1. The molecular weight excluding hydrogens is 400 g/mol. The third-order valence-electron chi connectivity index (χ3n) is 7.51. The van der Waals surface area contributed by atoms with E-state index in [1.54, 1.807) is 0 Å². The summed E-state index contributed by atoms with van der Waals surface area (Å²) in [4.78, 5) is 19.5. The topological polar surface area (TPSA) is 58.4 Å².